The first-order chi connectivity index (χ1) is 11.7. The molecule has 0 spiro atoms. The molecule has 130 valence electrons. The van der Waals surface area contributed by atoms with Crippen molar-refractivity contribution in [3.8, 4) is 17.2 Å². The topological polar surface area (TPSA) is 36.9 Å². The summed E-state index contributed by atoms with van der Waals surface area (Å²) in [6.07, 6.45) is 0. The number of ether oxygens (including phenoxy) is 4. The van der Waals surface area contributed by atoms with Gasteiger partial charge in [-0.05, 0) is 50.1 Å². The lowest BCUT2D eigenvalue weighted by Gasteiger charge is -2.12. The van der Waals surface area contributed by atoms with Crippen LogP contribution in [0.5, 0.6) is 17.2 Å². The molecule has 0 radical (unpaired) electrons. The summed E-state index contributed by atoms with van der Waals surface area (Å²) in [6.45, 7) is 8.77. The SMILES string of the molecule is CCOc1ccccc1OCCOCCOc1cccc(C)c1C. The van der Waals surface area contributed by atoms with E-state index in [4.69, 9.17) is 18.9 Å². The molecule has 2 aromatic carbocycles. The second-order valence-corrected chi connectivity index (χ2v) is 5.39. The zero-order valence-electron chi connectivity index (χ0n) is 14.7. The van der Waals surface area contributed by atoms with Crippen LogP contribution in [-0.4, -0.2) is 33.0 Å². The highest BCUT2D eigenvalue weighted by Gasteiger charge is 2.03. The maximum atomic E-state index is 5.75. The third kappa shape index (κ3) is 5.46. The van der Waals surface area contributed by atoms with Crippen molar-refractivity contribution in [1.82, 2.24) is 0 Å². The normalized spacial score (nSPS) is 10.5. The molecule has 4 heteroatoms. The van der Waals surface area contributed by atoms with Crippen LogP contribution in [0.3, 0.4) is 0 Å². The van der Waals surface area contributed by atoms with E-state index in [9.17, 15) is 0 Å². The summed E-state index contributed by atoms with van der Waals surface area (Å²) in [7, 11) is 0. The molecule has 0 saturated heterocycles. The van der Waals surface area contributed by atoms with Gasteiger partial charge in [0.05, 0.1) is 19.8 Å². The van der Waals surface area contributed by atoms with Crippen LogP contribution in [0.4, 0.5) is 0 Å². The molecule has 0 aromatic heterocycles. The van der Waals surface area contributed by atoms with Gasteiger partial charge in [0.1, 0.15) is 19.0 Å². The second kappa shape index (κ2) is 9.83. The standard InChI is InChI=1S/C20H26O4/c1-4-22-19-9-5-6-10-20(19)24-15-13-21-12-14-23-18-11-7-8-16(2)17(18)3/h5-11H,4,12-15H2,1-3H3. The van der Waals surface area contributed by atoms with Crippen LogP contribution in [0.25, 0.3) is 0 Å². The predicted octanol–water partition coefficient (Wildman–Crippen LogP) is 4.18. The molecule has 0 N–H and O–H groups in total. The van der Waals surface area contributed by atoms with E-state index < -0.39 is 0 Å². The highest BCUT2D eigenvalue weighted by Crippen LogP contribution is 2.26. The van der Waals surface area contributed by atoms with Gasteiger partial charge in [-0.15, -0.1) is 0 Å². The van der Waals surface area contributed by atoms with Crippen molar-refractivity contribution in [3.05, 3.63) is 53.6 Å². The first kappa shape index (κ1) is 18.1. The monoisotopic (exact) mass is 330 g/mol. The highest BCUT2D eigenvalue weighted by molar-refractivity contribution is 5.39. The molecule has 2 aromatic rings. The summed E-state index contributed by atoms with van der Waals surface area (Å²) in [5, 5.41) is 0. The number of rotatable bonds is 10. The highest BCUT2D eigenvalue weighted by atomic mass is 16.6. The minimum absolute atomic E-state index is 0.480. The Morgan fingerprint density at radius 2 is 1.25 bits per heavy atom. The van der Waals surface area contributed by atoms with E-state index in [0.29, 0.717) is 33.0 Å². The van der Waals surface area contributed by atoms with E-state index >= 15 is 0 Å². The van der Waals surface area contributed by atoms with Crippen molar-refractivity contribution >= 4 is 0 Å². The van der Waals surface area contributed by atoms with Crippen molar-refractivity contribution in [3.63, 3.8) is 0 Å². The first-order valence-electron chi connectivity index (χ1n) is 8.33. The minimum atomic E-state index is 0.480. The fraction of sp³-hybridized carbons (Fsp3) is 0.400. The number of aryl methyl sites for hydroxylation is 1. The molecule has 2 rings (SSSR count). The lowest BCUT2D eigenvalue weighted by atomic mass is 10.1. The van der Waals surface area contributed by atoms with Crippen molar-refractivity contribution in [2.45, 2.75) is 20.8 Å². The average molecular weight is 330 g/mol. The van der Waals surface area contributed by atoms with Crippen LogP contribution in [-0.2, 0) is 4.74 Å². The molecule has 0 aliphatic rings. The molecule has 4 nitrogen and oxygen atoms in total. The van der Waals surface area contributed by atoms with E-state index in [1.54, 1.807) is 0 Å². The van der Waals surface area contributed by atoms with Crippen LogP contribution in [0.15, 0.2) is 42.5 Å². The second-order valence-electron chi connectivity index (χ2n) is 5.39. The van der Waals surface area contributed by atoms with E-state index in [2.05, 4.69) is 19.9 Å². The van der Waals surface area contributed by atoms with E-state index in [1.807, 2.05) is 43.3 Å². The van der Waals surface area contributed by atoms with Gasteiger partial charge in [-0.2, -0.15) is 0 Å². The molecule has 0 bridgehead atoms. The third-order valence-corrected chi connectivity index (χ3v) is 3.67. The molecule has 0 heterocycles. The predicted molar refractivity (Wildman–Crippen MR) is 95.3 cm³/mol. The molecule has 0 fully saturated rings. The van der Waals surface area contributed by atoms with Crippen LogP contribution in [0, 0.1) is 13.8 Å². The van der Waals surface area contributed by atoms with Crippen molar-refractivity contribution in [1.29, 1.82) is 0 Å². The Hall–Kier alpha value is -2.20. The molecule has 0 aliphatic heterocycles. The van der Waals surface area contributed by atoms with Crippen LogP contribution >= 0.6 is 0 Å². The Kier molecular flexibility index (Phi) is 7.43. The Balaban J connectivity index is 1.63. The Morgan fingerprint density at radius 1 is 0.667 bits per heavy atom. The molecular weight excluding hydrogens is 304 g/mol. The van der Waals surface area contributed by atoms with Crippen molar-refractivity contribution in [2.24, 2.45) is 0 Å². The molecule has 0 unspecified atom stereocenters. The van der Waals surface area contributed by atoms with Gasteiger partial charge >= 0.3 is 0 Å². The average Bonchev–Trinajstić information content (AvgIpc) is 2.59. The summed E-state index contributed by atoms with van der Waals surface area (Å²) in [6, 6.07) is 13.7. The minimum Gasteiger partial charge on any atom is -0.491 e. The maximum Gasteiger partial charge on any atom is 0.161 e. The Morgan fingerprint density at radius 3 is 1.92 bits per heavy atom. The fourth-order valence-electron chi connectivity index (χ4n) is 2.25. The van der Waals surface area contributed by atoms with Gasteiger partial charge in [-0.25, -0.2) is 0 Å². The molecule has 24 heavy (non-hydrogen) atoms. The summed E-state index contributed by atoms with van der Waals surface area (Å²) < 4.78 is 22.5. The lowest BCUT2D eigenvalue weighted by molar-refractivity contribution is 0.0754. The van der Waals surface area contributed by atoms with E-state index in [0.717, 1.165) is 17.2 Å². The van der Waals surface area contributed by atoms with Gasteiger partial charge in [-0.3, -0.25) is 0 Å². The Bertz CT molecular complexity index is 625. The third-order valence-electron chi connectivity index (χ3n) is 3.67. The van der Waals surface area contributed by atoms with Crippen LogP contribution in [0.1, 0.15) is 18.1 Å². The summed E-state index contributed by atoms with van der Waals surface area (Å²) in [5.41, 5.74) is 2.41. The van der Waals surface area contributed by atoms with E-state index in [1.165, 1.54) is 11.1 Å². The smallest absolute Gasteiger partial charge is 0.161 e. The summed E-state index contributed by atoms with van der Waals surface area (Å²) >= 11 is 0. The lowest BCUT2D eigenvalue weighted by Crippen LogP contribution is -2.12. The summed E-state index contributed by atoms with van der Waals surface area (Å²) in [5.74, 6) is 2.42. The quantitative estimate of drug-likeness (QED) is 0.613. The Labute approximate surface area is 144 Å². The molecule has 0 atom stereocenters. The number of hydrogen-bond acceptors (Lipinski definition) is 4. The van der Waals surface area contributed by atoms with Gasteiger partial charge < -0.3 is 18.9 Å². The van der Waals surface area contributed by atoms with Crippen LogP contribution < -0.4 is 14.2 Å². The molecular formula is C20H26O4. The van der Waals surface area contributed by atoms with Gasteiger partial charge in [-0.1, -0.05) is 24.3 Å². The fourth-order valence-corrected chi connectivity index (χ4v) is 2.25. The largest absolute Gasteiger partial charge is 0.491 e. The first-order valence-corrected chi connectivity index (χ1v) is 8.33. The molecule has 0 aliphatic carbocycles. The van der Waals surface area contributed by atoms with E-state index in [-0.39, 0.29) is 0 Å². The molecule has 0 amide bonds. The van der Waals surface area contributed by atoms with Crippen molar-refractivity contribution < 1.29 is 18.9 Å². The number of hydrogen-bond donors (Lipinski definition) is 0. The number of benzene rings is 2. The zero-order valence-corrected chi connectivity index (χ0v) is 14.7. The van der Waals surface area contributed by atoms with Gasteiger partial charge in [0.2, 0.25) is 0 Å². The van der Waals surface area contributed by atoms with Gasteiger partial charge in [0.25, 0.3) is 0 Å². The van der Waals surface area contributed by atoms with Crippen molar-refractivity contribution in [2.75, 3.05) is 33.0 Å². The number of para-hydroxylation sites is 2. The molecule has 0 saturated carbocycles. The van der Waals surface area contributed by atoms with Gasteiger partial charge in [0.15, 0.2) is 11.5 Å². The summed E-state index contributed by atoms with van der Waals surface area (Å²) in [4.78, 5) is 0. The van der Waals surface area contributed by atoms with Crippen LogP contribution in [0.2, 0.25) is 0 Å². The zero-order chi connectivity index (χ0) is 17.2. The van der Waals surface area contributed by atoms with Gasteiger partial charge in [0, 0.05) is 0 Å². The maximum absolute atomic E-state index is 5.75.